The SMILES string of the molecule is NC(=O)C(=O)C=C1NC2(CCCC2)Cc2ccccc21. The van der Waals surface area contributed by atoms with Crippen LogP contribution < -0.4 is 11.1 Å². The van der Waals surface area contributed by atoms with Crippen LogP contribution >= 0.6 is 0 Å². The largest absolute Gasteiger partial charge is 0.379 e. The van der Waals surface area contributed by atoms with Gasteiger partial charge in [-0.2, -0.15) is 0 Å². The molecule has 0 saturated heterocycles. The highest BCUT2D eigenvalue weighted by molar-refractivity contribution is 6.41. The number of benzene rings is 1. The van der Waals surface area contributed by atoms with Gasteiger partial charge in [-0.15, -0.1) is 0 Å². The first-order valence-corrected chi connectivity index (χ1v) is 7.02. The average Bonchev–Trinajstić information content (AvgIpc) is 2.86. The molecule has 104 valence electrons. The Labute approximate surface area is 118 Å². The molecule has 4 nitrogen and oxygen atoms in total. The highest BCUT2D eigenvalue weighted by Crippen LogP contribution is 2.39. The number of ketones is 1. The van der Waals surface area contributed by atoms with Gasteiger partial charge in [0.05, 0.1) is 0 Å². The summed E-state index contributed by atoms with van der Waals surface area (Å²) in [7, 11) is 0. The Kier molecular flexibility index (Phi) is 3.08. The Balaban J connectivity index is 2.04. The standard InChI is InChI=1S/C16H18N2O2/c17-15(20)14(19)9-13-12-6-2-1-5-11(12)10-16(18-13)7-3-4-8-16/h1-2,5-6,9,18H,3-4,7-8,10H2,(H2,17,20). The van der Waals surface area contributed by atoms with Crippen LogP contribution in [0.15, 0.2) is 30.3 Å². The van der Waals surface area contributed by atoms with E-state index in [1.165, 1.54) is 24.5 Å². The van der Waals surface area contributed by atoms with Gasteiger partial charge >= 0.3 is 0 Å². The van der Waals surface area contributed by atoms with Crippen molar-refractivity contribution >= 4 is 17.4 Å². The summed E-state index contributed by atoms with van der Waals surface area (Å²) in [5, 5.41) is 3.50. The predicted octanol–water partition coefficient (Wildman–Crippen LogP) is 1.54. The van der Waals surface area contributed by atoms with Gasteiger partial charge in [0.1, 0.15) is 0 Å². The van der Waals surface area contributed by atoms with E-state index in [0.29, 0.717) is 0 Å². The molecule has 3 rings (SSSR count). The van der Waals surface area contributed by atoms with Gasteiger partial charge < -0.3 is 11.1 Å². The molecule has 1 fully saturated rings. The van der Waals surface area contributed by atoms with Crippen molar-refractivity contribution in [2.45, 2.75) is 37.6 Å². The van der Waals surface area contributed by atoms with Crippen molar-refractivity contribution in [2.75, 3.05) is 0 Å². The number of carbonyl (C=O) groups excluding carboxylic acids is 2. The molecule has 0 unspecified atom stereocenters. The number of hydrogen-bond acceptors (Lipinski definition) is 3. The smallest absolute Gasteiger partial charge is 0.289 e. The topological polar surface area (TPSA) is 72.2 Å². The fraction of sp³-hybridized carbons (Fsp3) is 0.375. The minimum absolute atomic E-state index is 0.0398. The number of amides is 1. The summed E-state index contributed by atoms with van der Waals surface area (Å²) in [6.45, 7) is 0. The Morgan fingerprint density at radius 1 is 1.20 bits per heavy atom. The Morgan fingerprint density at radius 3 is 2.60 bits per heavy atom. The number of nitrogens with one attached hydrogen (secondary N) is 1. The molecule has 1 aliphatic heterocycles. The molecular formula is C16H18N2O2. The Hall–Kier alpha value is -2.10. The number of primary amides is 1. The van der Waals surface area contributed by atoms with E-state index in [4.69, 9.17) is 5.73 Å². The third-order valence-corrected chi connectivity index (χ3v) is 4.32. The average molecular weight is 270 g/mol. The van der Waals surface area contributed by atoms with Crippen LogP contribution in [0.1, 0.15) is 36.8 Å². The molecule has 4 heteroatoms. The Morgan fingerprint density at radius 2 is 1.90 bits per heavy atom. The summed E-state index contributed by atoms with van der Waals surface area (Å²) in [6, 6.07) is 8.03. The maximum absolute atomic E-state index is 11.6. The van der Waals surface area contributed by atoms with Crippen molar-refractivity contribution in [1.29, 1.82) is 0 Å². The molecule has 0 atom stereocenters. The van der Waals surface area contributed by atoms with Crippen LogP contribution in [0.2, 0.25) is 0 Å². The molecule has 1 saturated carbocycles. The molecule has 1 aliphatic carbocycles. The quantitative estimate of drug-likeness (QED) is 0.632. The lowest BCUT2D eigenvalue weighted by molar-refractivity contribution is -0.133. The summed E-state index contributed by atoms with van der Waals surface area (Å²) in [5.41, 5.74) is 8.06. The molecule has 1 aromatic rings. The van der Waals surface area contributed by atoms with Crippen LogP contribution in [0, 0.1) is 0 Å². The predicted molar refractivity (Wildman–Crippen MR) is 76.7 cm³/mol. The third kappa shape index (κ3) is 2.22. The molecule has 1 heterocycles. The number of carbonyl (C=O) groups is 2. The van der Waals surface area contributed by atoms with Crippen molar-refractivity contribution in [3.8, 4) is 0 Å². The fourth-order valence-electron chi connectivity index (χ4n) is 3.37. The van der Waals surface area contributed by atoms with Gasteiger partial charge in [-0.3, -0.25) is 9.59 Å². The second kappa shape index (κ2) is 4.78. The molecule has 2 aliphatic rings. The number of nitrogens with two attached hydrogens (primary N) is 1. The normalized spacial score (nSPS) is 21.5. The van der Waals surface area contributed by atoms with Crippen molar-refractivity contribution in [3.63, 3.8) is 0 Å². The van der Waals surface area contributed by atoms with Crippen molar-refractivity contribution < 1.29 is 9.59 Å². The number of hydrogen-bond donors (Lipinski definition) is 2. The molecule has 20 heavy (non-hydrogen) atoms. The van der Waals surface area contributed by atoms with E-state index in [2.05, 4.69) is 11.4 Å². The van der Waals surface area contributed by atoms with Gasteiger partial charge in [0, 0.05) is 22.9 Å². The van der Waals surface area contributed by atoms with Crippen molar-refractivity contribution in [1.82, 2.24) is 5.32 Å². The second-order valence-corrected chi connectivity index (χ2v) is 5.73. The molecule has 3 N–H and O–H groups in total. The van der Waals surface area contributed by atoms with Gasteiger partial charge in [-0.1, -0.05) is 37.1 Å². The summed E-state index contributed by atoms with van der Waals surface area (Å²) in [4.78, 5) is 22.6. The van der Waals surface area contributed by atoms with E-state index in [0.717, 1.165) is 30.5 Å². The van der Waals surface area contributed by atoms with Crippen molar-refractivity contribution in [2.24, 2.45) is 5.73 Å². The van der Waals surface area contributed by atoms with Gasteiger partial charge in [0.15, 0.2) is 0 Å². The van der Waals surface area contributed by atoms with Gasteiger partial charge in [0.25, 0.3) is 5.91 Å². The van der Waals surface area contributed by atoms with Crippen LogP contribution in [0.5, 0.6) is 0 Å². The lowest BCUT2D eigenvalue weighted by Gasteiger charge is -2.38. The summed E-state index contributed by atoms with van der Waals surface area (Å²) >= 11 is 0. The lowest BCUT2D eigenvalue weighted by atomic mass is 9.82. The van der Waals surface area contributed by atoms with E-state index in [1.807, 2.05) is 18.2 Å². The summed E-state index contributed by atoms with van der Waals surface area (Å²) < 4.78 is 0. The zero-order valence-corrected chi connectivity index (χ0v) is 11.3. The molecular weight excluding hydrogens is 252 g/mol. The monoisotopic (exact) mass is 270 g/mol. The first-order chi connectivity index (χ1) is 9.60. The summed E-state index contributed by atoms with van der Waals surface area (Å²) in [5.74, 6) is -1.57. The zero-order chi connectivity index (χ0) is 14.2. The highest BCUT2D eigenvalue weighted by atomic mass is 16.2. The minimum atomic E-state index is -0.914. The molecule has 1 aromatic carbocycles. The van der Waals surface area contributed by atoms with Crippen LogP contribution in [-0.4, -0.2) is 17.2 Å². The fourth-order valence-corrected chi connectivity index (χ4v) is 3.37. The maximum Gasteiger partial charge on any atom is 0.289 e. The maximum atomic E-state index is 11.6. The number of fused-ring (bicyclic) bond motifs is 1. The first kappa shape index (κ1) is 12.9. The van der Waals surface area contributed by atoms with E-state index in [-0.39, 0.29) is 5.54 Å². The van der Waals surface area contributed by atoms with Crippen LogP contribution in [-0.2, 0) is 16.0 Å². The van der Waals surface area contributed by atoms with Crippen LogP contribution in [0.25, 0.3) is 5.70 Å². The van der Waals surface area contributed by atoms with Gasteiger partial charge in [0.2, 0.25) is 5.78 Å². The van der Waals surface area contributed by atoms with Crippen LogP contribution in [0.3, 0.4) is 0 Å². The van der Waals surface area contributed by atoms with Gasteiger partial charge in [-0.05, 0) is 24.8 Å². The van der Waals surface area contributed by atoms with Gasteiger partial charge in [-0.25, -0.2) is 0 Å². The number of rotatable bonds is 2. The molecule has 1 spiro atoms. The molecule has 1 amide bonds. The van der Waals surface area contributed by atoms with E-state index in [1.54, 1.807) is 0 Å². The van der Waals surface area contributed by atoms with E-state index < -0.39 is 11.7 Å². The minimum Gasteiger partial charge on any atom is -0.379 e. The molecule has 0 radical (unpaired) electrons. The lowest BCUT2D eigenvalue weighted by Crippen LogP contribution is -2.47. The third-order valence-electron chi connectivity index (χ3n) is 4.32. The molecule has 0 aromatic heterocycles. The van der Waals surface area contributed by atoms with Crippen LogP contribution in [0.4, 0.5) is 0 Å². The summed E-state index contributed by atoms with van der Waals surface area (Å²) in [6.07, 6.45) is 6.93. The van der Waals surface area contributed by atoms with E-state index >= 15 is 0 Å². The second-order valence-electron chi connectivity index (χ2n) is 5.73. The Bertz CT molecular complexity index is 598. The van der Waals surface area contributed by atoms with Crippen molar-refractivity contribution in [3.05, 3.63) is 41.5 Å². The first-order valence-electron chi connectivity index (χ1n) is 7.02. The zero-order valence-electron chi connectivity index (χ0n) is 11.3. The molecule has 0 bridgehead atoms. The van der Waals surface area contributed by atoms with E-state index in [9.17, 15) is 9.59 Å². The highest BCUT2D eigenvalue weighted by Gasteiger charge is 2.38.